The molecule has 0 spiro atoms. The molecule has 0 N–H and O–H groups in total. The number of hydrogen-bond donors (Lipinski definition) is 0. The van der Waals surface area contributed by atoms with Crippen LogP contribution in [-0.4, -0.2) is 4.57 Å². The lowest BCUT2D eigenvalue weighted by atomic mass is 10.1. The minimum absolute atomic E-state index is 0.202. The van der Waals surface area contributed by atoms with Crippen LogP contribution in [0.1, 0.15) is 23.7 Å². The van der Waals surface area contributed by atoms with Crippen molar-refractivity contribution in [1.82, 2.24) is 4.57 Å². The molecule has 0 amide bonds. The lowest BCUT2D eigenvalue weighted by Crippen LogP contribution is -2.17. The minimum atomic E-state index is 0.202. The van der Waals surface area contributed by atoms with Gasteiger partial charge in [-0.2, -0.15) is 0 Å². The zero-order valence-electron chi connectivity index (χ0n) is 8.14. The van der Waals surface area contributed by atoms with Gasteiger partial charge in [0.2, 0.25) is 0 Å². The molecule has 0 aliphatic rings. The molecule has 2 nitrogen and oxygen atoms in total. The molecule has 1 heterocycles. The van der Waals surface area contributed by atoms with Crippen molar-refractivity contribution in [1.29, 1.82) is 0 Å². The smallest absolute Gasteiger partial charge is 0.187 e. The predicted molar refractivity (Wildman–Crippen MR) is 50.5 cm³/mol. The number of pyridine rings is 1. The zero-order chi connectivity index (χ0) is 9.30. The van der Waals surface area contributed by atoms with E-state index in [2.05, 4.69) is 0 Å². The maximum atomic E-state index is 11.6. The van der Waals surface area contributed by atoms with E-state index in [9.17, 15) is 4.79 Å². The Labute approximate surface area is 72.8 Å². The number of aryl methyl sites for hydroxylation is 2. The number of nitrogens with zero attached hydrogens (tertiary/aromatic N) is 1. The first-order valence-electron chi connectivity index (χ1n) is 4.23. The number of rotatable bonds is 1. The lowest BCUT2D eigenvalue weighted by Gasteiger charge is -2.08. The normalized spacial score (nSPS) is 10.3. The molecule has 0 fully saturated rings. The highest BCUT2D eigenvalue weighted by atomic mass is 16.1. The fourth-order valence-electron chi connectivity index (χ4n) is 1.31. The zero-order valence-corrected chi connectivity index (χ0v) is 8.14. The van der Waals surface area contributed by atoms with Crippen molar-refractivity contribution in [3.05, 3.63) is 33.2 Å². The Morgan fingerprint density at radius 1 is 1.42 bits per heavy atom. The van der Waals surface area contributed by atoms with Gasteiger partial charge in [0.15, 0.2) is 5.43 Å². The topological polar surface area (TPSA) is 22.0 Å². The average Bonchev–Trinajstić information content (AvgIpc) is 2.08. The van der Waals surface area contributed by atoms with Gasteiger partial charge >= 0.3 is 0 Å². The van der Waals surface area contributed by atoms with Crippen LogP contribution in [0.3, 0.4) is 0 Å². The summed E-state index contributed by atoms with van der Waals surface area (Å²) in [5.41, 5.74) is 3.03. The predicted octanol–water partition coefficient (Wildman–Crippen LogP) is 1.56. The van der Waals surface area contributed by atoms with Crippen LogP contribution in [0.2, 0.25) is 0 Å². The van der Waals surface area contributed by atoms with E-state index < -0.39 is 0 Å². The van der Waals surface area contributed by atoms with Gasteiger partial charge in [0.1, 0.15) is 0 Å². The second-order valence-corrected chi connectivity index (χ2v) is 3.16. The monoisotopic (exact) mass is 165 g/mol. The molecule has 0 aliphatic carbocycles. The van der Waals surface area contributed by atoms with Gasteiger partial charge in [-0.15, -0.1) is 0 Å². The number of aromatic nitrogens is 1. The first-order chi connectivity index (χ1) is 5.57. The van der Waals surface area contributed by atoms with Crippen LogP contribution in [0, 0.1) is 13.8 Å². The van der Waals surface area contributed by atoms with E-state index in [-0.39, 0.29) is 5.43 Å². The molecule has 0 radical (unpaired) electrons. The Kier molecular flexibility index (Phi) is 2.36. The Morgan fingerprint density at radius 3 is 2.50 bits per heavy atom. The van der Waals surface area contributed by atoms with Gasteiger partial charge in [0, 0.05) is 30.1 Å². The van der Waals surface area contributed by atoms with Crippen LogP contribution in [0.4, 0.5) is 0 Å². The maximum absolute atomic E-state index is 11.6. The Balaban J connectivity index is 3.50. The Hall–Kier alpha value is -1.05. The first-order valence-corrected chi connectivity index (χ1v) is 4.23. The summed E-state index contributed by atoms with van der Waals surface area (Å²) in [5, 5.41) is 0. The van der Waals surface area contributed by atoms with Gasteiger partial charge in [0.05, 0.1) is 0 Å². The van der Waals surface area contributed by atoms with E-state index in [1.807, 2.05) is 38.6 Å². The highest BCUT2D eigenvalue weighted by Crippen LogP contribution is 2.02. The Bertz CT molecular complexity index is 350. The highest BCUT2D eigenvalue weighted by Gasteiger charge is 2.04. The average molecular weight is 165 g/mol. The summed E-state index contributed by atoms with van der Waals surface area (Å²) >= 11 is 0. The quantitative estimate of drug-likeness (QED) is 0.619. The van der Waals surface area contributed by atoms with E-state index in [0.29, 0.717) is 0 Å². The molecule has 66 valence electrons. The lowest BCUT2D eigenvalue weighted by molar-refractivity contribution is 0.820. The van der Waals surface area contributed by atoms with Gasteiger partial charge in [-0.05, 0) is 20.3 Å². The fraction of sp³-hybridized carbons (Fsp3) is 0.500. The molecule has 0 unspecified atom stereocenters. The second kappa shape index (κ2) is 3.13. The minimum Gasteiger partial charge on any atom is -0.354 e. The third-order valence-electron chi connectivity index (χ3n) is 2.43. The van der Waals surface area contributed by atoms with E-state index in [0.717, 1.165) is 23.2 Å². The molecule has 0 aliphatic heterocycles. The second-order valence-electron chi connectivity index (χ2n) is 3.16. The molecule has 0 atom stereocenters. The molecule has 1 rings (SSSR count). The maximum Gasteiger partial charge on any atom is 0.187 e. The summed E-state index contributed by atoms with van der Waals surface area (Å²) < 4.78 is 2.01. The van der Waals surface area contributed by atoms with Crippen LogP contribution in [-0.2, 0) is 13.5 Å². The summed E-state index contributed by atoms with van der Waals surface area (Å²) in [6.45, 7) is 5.86. The van der Waals surface area contributed by atoms with Crippen molar-refractivity contribution in [2.75, 3.05) is 0 Å². The summed E-state index contributed by atoms with van der Waals surface area (Å²) in [6.07, 6.45) is 2.73. The van der Waals surface area contributed by atoms with Gasteiger partial charge in [-0.3, -0.25) is 4.79 Å². The molecule has 0 saturated carbocycles. The van der Waals surface area contributed by atoms with Gasteiger partial charge < -0.3 is 4.57 Å². The van der Waals surface area contributed by atoms with Gasteiger partial charge in [0.25, 0.3) is 0 Å². The van der Waals surface area contributed by atoms with E-state index >= 15 is 0 Å². The SMILES string of the molecule is CCc1cn(C)c(C)c(C)c1=O. The van der Waals surface area contributed by atoms with E-state index in [1.165, 1.54) is 0 Å². The molecular formula is C10H15NO. The summed E-state index contributed by atoms with van der Waals surface area (Å²) in [5.74, 6) is 0. The summed E-state index contributed by atoms with van der Waals surface area (Å²) in [4.78, 5) is 11.6. The Morgan fingerprint density at radius 2 is 2.00 bits per heavy atom. The molecule has 1 aromatic heterocycles. The van der Waals surface area contributed by atoms with Crippen molar-refractivity contribution >= 4 is 0 Å². The van der Waals surface area contributed by atoms with Crippen LogP contribution in [0.5, 0.6) is 0 Å². The van der Waals surface area contributed by atoms with Crippen molar-refractivity contribution in [3.63, 3.8) is 0 Å². The van der Waals surface area contributed by atoms with Crippen molar-refractivity contribution in [2.24, 2.45) is 7.05 Å². The van der Waals surface area contributed by atoms with Crippen molar-refractivity contribution < 1.29 is 0 Å². The molecule has 2 heteroatoms. The molecule has 0 bridgehead atoms. The summed E-state index contributed by atoms with van der Waals surface area (Å²) in [6, 6.07) is 0. The van der Waals surface area contributed by atoms with Crippen LogP contribution in [0.15, 0.2) is 11.0 Å². The third-order valence-corrected chi connectivity index (χ3v) is 2.43. The molecule has 12 heavy (non-hydrogen) atoms. The number of hydrogen-bond acceptors (Lipinski definition) is 1. The fourth-order valence-corrected chi connectivity index (χ4v) is 1.31. The molecular weight excluding hydrogens is 150 g/mol. The summed E-state index contributed by atoms with van der Waals surface area (Å²) in [7, 11) is 1.97. The highest BCUT2D eigenvalue weighted by molar-refractivity contribution is 5.24. The van der Waals surface area contributed by atoms with Crippen molar-refractivity contribution in [2.45, 2.75) is 27.2 Å². The van der Waals surface area contributed by atoms with Crippen LogP contribution in [0.25, 0.3) is 0 Å². The van der Waals surface area contributed by atoms with Gasteiger partial charge in [-0.25, -0.2) is 0 Å². The molecule has 0 saturated heterocycles. The first kappa shape index (κ1) is 9.04. The molecule has 1 aromatic rings. The van der Waals surface area contributed by atoms with Crippen LogP contribution < -0.4 is 5.43 Å². The van der Waals surface area contributed by atoms with E-state index in [1.54, 1.807) is 0 Å². The van der Waals surface area contributed by atoms with Crippen LogP contribution >= 0.6 is 0 Å². The molecule has 0 aromatic carbocycles. The van der Waals surface area contributed by atoms with Crippen molar-refractivity contribution in [3.8, 4) is 0 Å². The third kappa shape index (κ3) is 1.29. The van der Waals surface area contributed by atoms with Gasteiger partial charge in [-0.1, -0.05) is 6.92 Å². The largest absolute Gasteiger partial charge is 0.354 e. The van der Waals surface area contributed by atoms with E-state index in [4.69, 9.17) is 0 Å². The standard InChI is InChI=1S/C10H15NO/c1-5-9-6-11(4)8(3)7(2)10(9)12/h6H,5H2,1-4H3.